The van der Waals surface area contributed by atoms with Crippen molar-refractivity contribution in [3.63, 3.8) is 0 Å². The normalized spacial score (nSPS) is 10.4. The zero-order chi connectivity index (χ0) is 17.4. The number of aromatic nitrogens is 2. The molecule has 7 heteroatoms. The van der Waals surface area contributed by atoms with Crippen LogP contribution in [0.4, 0.5) is 17.3 Å². The summed E-state index contributed by atoms with van der Waals surface area (Å²) in [4.78, 5) is 12.2. The molecule has 0 aliphatic heterocycles. The molecule has 1 heterocycles. The van der Waals surface area contributed by atoms with Crippen LogP contribution < -0.4 is 15.5 Å². The maximum atomic E-state index is 8.94. The molecule has 0 saturated heterocycles. The number of nitriles is 2. The van der Waals surface area contributed by atoms with E-state index in [1.54, 1.807) is 4.90 Å². The van der Waals surface area contributed by atoms with Gasteiger partial charge in [0.15, 0.2) is 11.6 Å². The molecule has 2 N–H and O–H groups in total. The summed E-state index contributed by atoms with van der Waals surface area (Å²) in [6.45, 7) is 10.3. The maximum absolute atomic E-state index is 8.94. The van der Waals surface area contributed by atoms with Gasteiger partial charge in [-0.3, -0.25) is 0 Å². The third-order valence-electron chi connectivity index (χ3n) is 3.14. The molecule has 1 aromatic heterocycles. The van der Waals surface area contributed by atoms with Crippen molar-refractivity contribution >= 4 is 17.3 Å². The highest BCUT2D eigenvalue weighted by molar-refractivity contribution is 5.76. The highest BCUT2D eigenvalue weighted by Gasteiger charge is 2.20. The van der Waals surface area contributed by atoms with Crippen molar-refractivity contribution in [2.24, 2.45) is 11.8 Å². The van der Waals surface area contributed by atoms with E-state index in [2.05, 4.69) is 42.6 Å². The fraction of sp³-hybridized carbons (Fsp3) is 0.625. The maximum Gasteiger partial charge on any atom is 0.159 e. The molecule has 0 aromatic carbocycles. The lowest BCUT2D eigenvalue weighted by molar-refractivity contribution is 0.549. The summed E-state index contributed by atoms with van der Waals surface area (Å²) in [7, 11) is 0. The van der Waals surface area contributed by atoms with Gasteiger partial charge in [0.05, 0.1) is 12.1 Å². The molecule has 23 heavy (non-hydrogen) atoms. The number of nitrogen functional groups attached to an aromatic ring is 1. The first kappa shape index (κ1) is 18.5. The van der Waals surface area contributed by atoms with E-state index in [1.807, 2.05) is 12.1 Å². The Morgan fingerprint density at radius 3 is 1.78 bits per heavy atom. The molecule has 0 unspecified atom stereocenters. The van der Waals surface area contributed by atoms with E-state index in [-0.39, 0.29) is 13.1 Å². The first-order valence-corrected chi connectivity index (χ1v) is 7.74. The van der Waals surface area contributed by atoms with Crippen LogP contribution in [0.25, 0.3) is 0 Å². The molecule has 1 aromatic rings. The van der Waals surface area contributed by atoms with Crippen LogP contribution in [0.15, 0.2) is 6.33 Å². The third-order valence-corrected chi connectivity index (χ3v) is 3.14. The second-order valence-corrected chi connectivity index (χ2v) is 6.30. The van der Waals surface area contributed by atoms with E-state index >= 15 is 0 Å². The molecule has 7 nitrogen and oxygen atoms in total. The van der Waals surface area contributed by atoms with Gasteiger partial charge in [-0.2, -0.15) is 10.5 Å². The van der Waals surface area contributed by atoms with Gasteiger partial charge in [0.1, 0.15) is 25.1 Å². The molecular formula is C16H25N7. The fourth-order valence-electron chi connectivity index (χ4n) is 2.39. The SMILES string of the molecule is CC(C)CN(CC(C)C)c1ncnc(N(CC#N)CC#N)c1N. The van der Waals surface area contributed by atoms with Gasteiger partial charge < -0.3 is 15.5 Å². The second-order valence-electron chi connectivity index (χ2n) is 6.30. The van der Waals surface area contributed by atoms with Crippen LogP contribution in [0.5, 0.6) is 0 Å². The van der Waals surface area contributed by atoms with E-state index in [0.717, 1.165) is 13.1 Å². The monoisotopic (exact) mass is 315 g/mol. The van der Waals surface area contributed by atoms with Gasteiger partial charge in [0.2, 0.25) is 0 Å². The summed E-state index contributed by atoms with van der Waals surface area (Å²) in [6, 6.07) is 4.07. The minimum Gasteiger partial charge on any atom is -0.393 e. The number of nitrogens with zero attached hydrogens (tertiary/aromatic N) is 6. The van der Waals surface area contributed by atoms with E-state index in [1.165, 1.54) is 6.33 Å². The summed E-state index contributed by atoms with van der Waals surface area (Å²) in [5, 5.41) is 17.9. The topological polar surface area (TPSA) is 106 Å². The first-order valence-electron chi connectivity index (χ1n) is 7.74. The molecule has 0 radical (unpaired) electrons. The zero-order valence-corrected chi connectivity index (χ0v) is 14.3. The predicted octanol–water partition coefficient (Wildman–Crippen LogP) is 2.03. The molecule has 0 amide bonds. The molecule has 0 fully saturated rings. The Hall–Kier alpha value is -2.54. The zero-order valence-electron chi connectivity index (χ0n) is 14.3. The number of nitrogens with two attached hydrogens (primary N) is 1. The Kier molecular flexibility index (Phi) is 7.08. The van der Waals surface area contributed by atoms with Crippen molar-refractivity contribution in [1.29, 1.82) is 10.5 Å². The van der Waals surface area contributed by atoms with Crippen LogP contribution in [0.3, 0.4) is 0 Å². The van der Waals surface area contributed by atoms with Crippen molar-refractivity contribution in [2.75, 3.05) is 41.7 Å². The Bertz CT molecular complexity index is 557. The van der Waals surface area contributed by atoms with E-state index in [9.17, 15) is 0 Å². The average molecular weight is 315 g/mol. The molecule has 0 bridgehead atoms. The molecule has 1 rings (SSSR count). The summed E-state index contributed by atoms with van der Waals surface area (Å²) in [6.07, 6.45) is 1.44. The van der Waals surface area contributed by atoms with E-state index < -0.39 is 0 Å². The first-order chi connectivity index (χ1) is 10.9. The quantitative estimate of drug-likeness (QED) is 0.731. The van der Waals surface area contributed by atoms with Gasteiger partial charge in [-0.05, 0) is 11.8 Å². The van der Waals surface area contributed by atoms with Gasteiger partial charge >= 0.3 is 0 Å². The van der Waals surface area contributed by atoms with Gasteiger partial charge in [0, 0.05) is 13.1 Å². The van der Waals surface area contributed by atoms with Crippen molar-refractivity contribution < 1.29 is 0 Å². The summed E-state index contributed by atoms with van der Waals surface area (Å²) < 4.78 is 0. The van der Waals surface area contributed by atoms with Crippen molar-refractivity contribution in [1.82, 2.24) is 9.97 Å². The van der Waals surface area contributed by atoms with Crippen molar-refractivity contribution in [3.05, 3.63) is 6.33 Å². The van der Waals surface area contributed by atoms with Gasteiger partial charge in [-0.25, -0.2) is 9.97 Å². The fourth-order valence-corrected chi connectivity index (χ4v) is 2.39. The lowest BCUT2D eigenvalue weighted by Crippen LogP contribution is -2.34. The van der Waals surface area contributed by atoms with Crippen LogP contribution in [-0.4, -0.2) is 36.1 Å². The lowest BCUT2D eigenvalue weighted by Gasteiger charge is -2.29. The predicted molar refractivity (Wildman–Crippen MR) is 91.8 cm³/mol. The van der Waals surface area contributed by atoms with Gasteiger partial charge in [0.25, 0.3) is 0 Å². The largest absolute Gasteiger partial charge is 0.393 e. The summed E-state index contributed by atoms with van der Waals surface area (Å²) in [5.74, 6) is 2.02. The molecule has 0 atom stereocenters. The number of anilines is 3. The Morgan fingerprint density at radius 2 is 1.39 bits per heavy atom. The summed E-state index contributed by atoms with van der Waals surface area (Å²) in [5.41, 5.74) is 6.69. The second kappa shape index (κ2) is 8.79. The van der Waals surface area contributed by atoms with Crippen molar-refractivity contribution in [3.8, 4) is 12.1 Å². The van der Waals surface area contributed by atoms with E-state index in [4.69, 9.17) is 16.3 Å². The van der Waals surface area contributed by atoms with Crippen LogP contribution in [0.2, 0.25) is 0 Å². The standard InChI is InChI=1S/C16H25N7/c1-12(2)9-23(10-13(3)4)16-14(19)15(20-11-21-16)22(7-5-17)8-6-18/h11-13H,7-10,19H2,1-4H3. The van der Waals surface area contributed by atoms with Crippen LogP contribution in [0, 0.1) is 34.5 Å². The van der Waals surface area contributed by atoms with Gasteiger partial charge in [-0.1, -0.05) is 27.7 Å². The number of rotatable bonds is 8. The number of hydrogen-bond acceptors (Lipinski definition) is 7. The minimum atomic E-state index is 0.0581. The van der Waals surface area contributed by atoms with Gasteiger partial charge in [-0.15, -0.1) is 0 Å². The van der Waals surface area contributed by atoms with Crippen LogP contribution in [0.1, 0.15) is 27.7 Å². The summed E-state index contributed by atoms with van der Waals surface area (Å²) >= 11 is 0. The lowest BCUT2D eigenvalue weighted by atomic mass is 10.1. The Morgan fingerprint density at radius 1 is 0.957 bits per heavy atom. The van der Waals surface area contributed by atoms with Crippen LogP contribution in [-0.2, 0) is 0 Å². The Balaban J connectivity index is 3.23. The highest BCUT2D eigenvalue weighted by Crippen LogP contribution is 2.29. The molecule has 124 valence electrons. The smallest absolute Gasteiger partial charge is 0.159 e. The molecular weight excluding hydrogens is 290 g/mol. The number of hydrogen-bond donors (Lipinski definition) is 1. The average Bonchev–Trinajstić information content (AvgIpc) is 2.45. The van der Waals surface area contributed by atoms with Crippen LogP contribution >= 0.6 is 0 Å². The van der Waals surface area contributed by atoms with Crippen molar-refractivity contribution in [2.45, 2.75) is 27.7 Å². The highest BCUT2D eigenvalue weighted by atomic mass is 15.3. The minimum absolute atomic E-state index is 0.0581. The Labute approximate surface area is 138 Å². The molecule has 0 aliphatic rings. The molecule has 0 spiro atoms. The third kappa shape index (κ3) is 5.30. The molecule has 0 aliphatic carbocycles. The van der Waals surface area contributed by atoms with E-state index in [0.29, 0.717) is 29.2 Å². The molecule has 0 saturated carbocycles.